The molecule has 1 aliphatic rings. The molecule has 0 heterocycles. The van der Waals surface area contributed by atoms with Crippen LogP contribution in [0.5, 0.6) is 5.75 Å². The summed E-state index contributed by atoms with van der Waals surface area (Å²) in [5, 5.41) is 3.65. The van der Waals surface area contributed by atoms with Crippen molar-refractivity contribution < 1.29 is 4.74 Å². The normalized spacial score (nSPS) is 17.7. The first kappa shape index (κ1) is 14.4. The van der Waals surface area contributed by atoms with E-state index in [1.807, 2.05) is 12.1 Å². The highest BCUT2D eigenvalue weighted by atomic mass is 16.5. The van der Waals surface area contributed by atoms with Gasteiger partial charge in [-0.15, -0.1) is 0 Å². The van der Waals surface area contributed by atoms with Crippen LogP contribution in [-0.4, -0.2) is 19.2 Å². The second-order valence-corrected chi connectivity index (χ2v) is 5.66. The van der Waals surface area contributed by atoms with E-state index in [9.17, 15) is 0 Å². The van der Waals surface area contributed by atoms with Crippen LogP contribution in [0.1, 0.15) is 50.5 Å². The summed E-state index contributed by atoms with van der Waals surface area (Å²) >= 11 is 0. The number of nitrogens with one attached hydrogen (secondary N) is 1. The van der Waals surface area contributed by atoms with Gasteiger partial charge in [-0.1, -0.05) is 44.2 Å². The van der Waals surface area contributed by atoms with Gasteiger partial charge in [0.1, 0.15) is 12.4 Å². The standard InChI is InChI=1S/C17H27NO/c1-15-8-7-11-17(14-15)19-13-12-18-16-9-5-3-2-4-6-10-16/h7-8,11,14,16,18H,2-6,9-10,12-13H2,1H3. The monoisotopic (exact) mass is 261 g/mol. The van der Waals surface area contributed by atoms with Crippen molar-refractivity contribution in [1.82, 2.24) is 5.32 Å². The van der Waals surface area contributed by atoms with Gasteiger partial charge in [-0.2, -0.15) is 0 Å². The lowest BCUT2D eigenvalue weighted by atomic mass is 9.97. The van der Waals surface area contributed by atoms with Crippen LogP contribution in [0.25, 0.3) is 0 Å². The number of aryl methyl sites for hydroxylation is 1. The van der Waals surface area contributed by atoms with Crippen LogP contribution in [0.2, 0.25) is 0 Å². The Bertz CT molecular complexity index is 356. The quantitative estimate of drug-likeness (QED) is 0.807. The summed E-state index contributed by atoms with van der Waals surface area (Å²) in [5.41, 5.74) is 1.26. The number of benzene rings is 1. The Kier molecular flexibility index (Phi) is 6.22. The predicted molar refractivity (Wildman–Crippen MR) is 80.8 cm³/mol. The molecule has 0 aliphatic heterocycles. The van der Waals surface area contributed by atoms with Gasteiger partial charge in [0.2, 0.25) is 0 Å². The minimum atomic E-state index is 0.710. The van der Waals surface area contributed by atoms with Crippen molar-refractivity contribution in [1.29, 1.82) is 0 Å². The fraction of sp³-hybridized carbons (Fsp3) is 0.647. The van der Waals surface area contributed by atoms with E-state index >= 15 is 0 Å². The third-order valence-corrected chi connectivity index (χ3v) is 3.90. The first-order chi connectivity index (χ1) is 9.34. The van der Waals surface area contributed by atoms with E-state index in [1.54, 1.807) is 0 Å². The van der Waals surface area contributed by atoms with Gasteiger partial charge >= 0.3 is 0 Å². The molecule has 1 aromatic carbocycles. The van der Waals surface area contributed by atoms with E-state index in [0.29, 0.717) is 6.04 Å². The summed E-state index contributed by atoms with van der Waals surface area (Å²) in [6.07, 6.45) is 9.71. The molecule has 0 amide bonds. The second-order valence-electron chi connectivity index (χ2n) is 5.66. The van der Waals surface area contributed by atoms with Crippen molar-refractivity contribution >= 4 is 0 Å². The number of hydrogen-bond acceptors (Lipinski definition) is 2. The summed E-state index contributed by atoms with van der Waals surface area (Å²) in [5.74, 6) is 0.986. The topological polar surface area (TPSA) is 21.3 Å². The molecular formula is C17H27NO. The SMILES string of the molecule is Cc1cccc(OCCNC2CCCCCCC2)c1. The van der Waals surface area contributed by atoms with Gasteiger partial charge in [0, 0.05) is 12.6 Å². The molecule has 0 atom stereocenters. The van der Waals surface area contributed by atoms with E-state index in [4.69, 9.17) is 4.74 Å². The minimum absolute atomic E-state index is 0.710. The Hall–Kier alpha value is -1.02. The maximum absolute atomic E-state index is 5.77. The van der Waals surface area contributed by atoms with Crippen LogP contribution in [0.15, 0.2) is 24.3 Å². The molecule has 0 bridgehead atoms. The summed E-state index contributed by atoms with van der Waals surface area (Å²) in [7, 11) is 0. The van der Waals surface area contributed by atoms with E-state index in [1.165, 1.54) is 50.5 Å². The third-order valence-electron chi connectivity index (χ3n) is 3.90. The van der Waals surface area contributed by atoms with Gasteiger partial charge in [-0.3, -0.25) is 0 Å². The van der Waals surface area contributed by atoms with E-state index in [-0.39, 0.29) is 0 Å². The zero-order chi connectivity index (χ0) is 13.3. The molecule has 1 aromatic rings. The maximum atomic E-state index is 5.77. The molecule has 2 rings (SSSR count). The Labute approximate surface area is 117 Å². The number of hydrogen-bond donors (Lipinski definition) is 1. The van der Waals surface area contributed by atoms with Crippen molar-refractivity contribution in [2.24, 2.45) is 0 Å². The molecule has 0 spiro atoms. The number of rotatable bonds is 5. The lowest BCUT2D eigenvalue weighted by Crippen LogP contribution is -2.33. The Morgan fingerprint density at radius 3 is 2.58 bits per heavy atom. The Morgan fingerprint density at radius 1 is 1.11 bits per heavy atom. The molecule has 1 N–H and O–H groups in total. The van der Waals surface area contributed by atoms with Crippen molar-refractivity contribution in [2.75, 3.05) is 13.2 Å². The molecule has 1 saturated carbocycles. The average molecular weight is 261 g/mol. The first-order valence-corrected chi connectivity index (χ1v) is 7.77. The van der Waals surface area contributed by atoms with E-state index in [2.05, 4.69) is 24.4 Å². The van der Waals surface area contributed by atoms with Gasteiger partial charge < -0.3 is 10.1 Å². The number of ether oxygens (including phenoxy) is 1. The lowest BCUT2D eigenvalue weighted by molar-refractivity contribution is 0.293. The molecular weight excluding hydrogens is 234 g/mol. The smallest absolute Gasteiger partial charge is 0.119 e. The lowest BCUT2D eigenvalue weighted by Gasteiger charge is -2.21. The molecule has 1 aliphatic carbocycles. The van der Waals surface area contributed by atoms with Crippen molar-refractivity contribution in [3.63, 3.8) is 0 Å². The van der Waals surface area contributed by atoms with Gasteiger partial charge in [0.05, 0.1) is 0 Å². The summed E-state index contributed by atoms with van der Waals surface area (Å²) in [6.45, 7) is 3.82. The Balaban J connectivity index is 1.62. The van der Waals surface area contributed by atoms with E-state index in [0.717, 1.165) is 18.9 Å². The molecule has 0 unspecified atom stereocenters. The maximum Gasteiger partial charge on any atom is 0.119 e. The van der Waals surface area contributed by atoms with Crippen molar-refractivity contribution in [2.45, 2.75) is 57.9 Å². The average Bonchev–Trinajstić information content (AvgIpc) is 2.36. The zero-order valence-electron chi connectivity index (χ0n) is 12.2. The molecule has 106 valence electrons. The van der Waals surface area contributed by atoms with Crippen LogP contribution in [0, 0.1) is 6.92 Å². The van der Waals surface area contributed by atoms with Crippen LogP contribution in [-0.2, 0) is 0 Å². The van der Waals surface area contributed by atoms with Crippen LogP contribution in [0.3, 0.4) is 0 Å². The zero-order valence-corrected chi connectivity index (χ0v) is 12.2. The highest BCUT2D eigenvalue weighted by Crippen LogP contribution is 2.17. The summed E-state index contributed by atoms with van der Waals surface area (Å²) in [6, 6.07) is 8.98. The van der Waals surface area contributed by atoms with Crippen LogP contribution >= 0.6 is 0 Å². The fourth-order valence-corrected chi connectivity index (χ4v) is 2.80. The van der Waals surface area contributed by atoms with Crippen LogP contribution < -0.4 is 10.1 Å². The predicted octanol–water partition coefficient (Wildman–Crippen LogP) is 4.08. The molecule has 19 heavy (non-hydrogen) atoms. The van der Waals surface area contributed by atoms with Gasteiger partial charge in [0.25, 0.3) is 0 Å². The fourth-order valence-electron chi connectivity index (χ4n) is 2.80. The van der Waals surface area contributed by atoms with Gasteiger partial charge in [0.15, 0.2) is 0 Å². The van der Waals surface area contributed by atoms with Crippen molar-refractivity contribution in [3.8, 4) is 5.75 Å². The molecule has 0 aromatic heterocycles. The molecule has 2 heteroatoms. The highest BCUT2D eigenvalue weighted by molar-refractivity contribution is 5.27. The summed E-state index contributed by atoms with van der Waals surface area (Å²) < 4.78 is 5.77. The molecule has 2 nitrogen and oxygen atoms in total. The minimum Gasteiger partial charge on any atom is -0.492 e. The highest BCUT2D eigenvalue weighted by Gasteiger charge is 2.10. The van der Waals surface area contributed by atoms with Crippen LogP contribution in [0.4, 0.5) is 0 Å². The van der Waals surface area contributed by atoms with Gasteiger partial charge in [-0.25, -0.2) is 0 Å². The third kappa shape index (κ3) is 5.65. The first-order valence-electron chi connectivity index (χ1n) is 7.77. The second kappa shape index (κ2) is 8.21. The molecule has 0 radical (unpaired) electrons. The van der Waals surface area contributed by atoms with Crippen molar-refractivity contribution in [3.05, 3.63) is 29.8 Å². The van der Waals surface area contributed by atoms with E-state index < -0.39 is 0 Å². The molecule has 0 saturated heterocycles. The summed E-state index contributed by atoms with van der Waals surface area (Å²) in [4.78, 5) is 0. The Morgan fingerprint density at radius 2 is 1.84 bits per heavy atom. The molecule has 1 fully saturated rings. The van der Waals surface area contributed by atoms with Gasteiger partial charge in [-0.05, 0) is 37.5 Å². The largest absolute Gasteiger partial charge is 0.492 e.